The average Bonchev–Trinajstić information content (AvgIpc) is 3.30. The van der Waals surface area contributed by atoms with Gasteiger partial charge in [0, 0.05) is 51.3 Å². The molecule has 1 aliphatic carbocycles. The largest absolute Gasteiger partial charge is 0.393 e. The summed E-state index contributed by atoms with van der Waals surface area (Å²) in [7, 11) is -3.41. The van der Waals surface area contributed by atoms with Crippen molar-refractivity contribution in [1.82, 2.24) is 19.7 Å². The Hall–Kier alpha value is -1.65. The molecule has 2 N–H and O–H groups in total. The summed E-state index contributed by atoms with van der Waals surface area (Å²) in [5.41, 5.74) is 0.419. The van der Waals surface area contributed by atoms with Crippen molar-refractivity contribution in [2.75, 3.05) is 39.3 Å². The highest BCUT2D eigenvalue weighted by Gasteiger charge is 2.29. The van der Waals surface area contributed by atoms with Crippen LogP contribution in [-0.2, 0) is 15.8 Å². The Morgan fingerprint density at radius 2 is 2.15 bits per heavy atom. The summed E-state index contributed by atoms with van der Waals surface area (Å²) in [6.07, 6.45) is 4.05. The molecule has 1 saturated carbocycles. The molecular formula is C17H29N5O4S. The van der Waals surface area contributed by atoms with Crippen LogP contribution in [0.2, 0.25) is 0 Å². The van der Waals surface area contributed by atoms with Gasteiger partial charge in [0.1, 0.15) is 12.0 Å². The Labute approximate surface area is 160 Å². The number of aromatic nitrogens is 1. The molecule has 0 aromatic carbocycles. The molecule has 0 bridgehead atoms. The number of aliphatic hydroxyl groups is 1. The maximum atomic E-state index is 12.5. The SMILES string of the molecule is CCNC(=NCC1CCCC1O)N1CCN(S(=O)(=O)Cc2ccon2)CC1. The first-order valence-corrected chi connectivity index (χ1v) is 11.2. The smallest absolute Gasteiger partial charge is 0.220 e. The molecule has 1 aliphatic heterocycles. The van der Waals surface area contributed by atoms with Gasteiger partial charge in [-0.15, -0.1) is 0 Å². The lowest BCUT2D eigenvalue weighted by molar-refractivity contribution is 0.136. The summed E-state index contributed by atoms with van der Waals surface area (Å²) in [4.78, 5) is 6.79. The molecule has 10 heteroatoms. The van der Waals surface area contributed by atoms with Crippen LogP contribution in [-0.4, -0.2) is 79.2 Å². The first-order chi connectivity index (χ1) is 13.0. The average molecular weight is 400 g/mol. The maximum Gasteiger partial charge on any atom is 0.220 e. The molecular weight excluding hydrogens is 370 g/mol. The molecule has 2 atom stereocenters. The number of sulfonamides is 1. The molecule has 2 fully saturated rings. The van der Waals surface area contributed by atoms with Gasteiger partial charge in [-0.2, -0.15) is 4.31 Å². The van der Waals surface area contributed by atoms with Crippen LogP contribution in [0.1, 0.15) is 31.9 Å². The van der Waals surface area contributed by atoms with E-state index in [1.807, 2.05) is 6.92 Å². The van der Waals surface area contributed by atoms with Crippen LogP contribution >= 0.6 is 0 Å². The Morgan fingerprint density at radius 3 is 2.74 bits per heavy atom. The predicted molar refractivity (Wildman–Crippen MR) is 102 cm³/mol. The summed E-state index contributed by atoms with van der Waals surface area (Å²) in [6.45, 7) is 5.35. The van der Waals surface area contributed by atoms with Gasteiger partial charge < -0.3 is 19.8 Å². The molecule has 3 rings (SSSR count). The quantitative estimate of drug-likeness (QED) is 0.521. The van der Waals surface area contributed by atoms with Gasteiger partial charge in [-0.1, -0.05) is 11.6 Å². The van der Waals surface area contributed by atoms with E-state index in [0.717, 1.165) is 31.8 Å². The number of aliphatic hydroxyl groups excluding tert-OH is 1. The van der Waals surface area contributed by atoms with Gasteiger partial charge in [0.25, 0.3) is 0 Å². The van der Waals surface area contributed by atoms with E-state index in [9.17, 15) is 13.5 Å². The molecule has 1 aromatic heterocycles. The van der Waals surface area contributed by atoms with Crippen molar-refractivity contribution < 1.29 is 18.0 Å². The number of nitrogens with one attached hydrogen (secondary N) is 1. The molecule has 2 aliphatic rings. The summed E-state index contributed by atoms with van der Waals surface area (Å²) >= 11 is 0. The van der Waals surface area contributed by atoms with Crippen molar-refractivity contribution in [2.24, 2.45) is 10.9 Å². The zero-order valence-electron chi connectivity index (χ0n) is 15.7. The minimum absolute atomic E-state index is 0.142. The van der Waals surface area contributed by atoms with E-state index in [2.05, 4.69) is 15.4 Å². The third-order valence-corrected chi connectivity index (χ3v) is 7.00. The molecule has 2 heterocycles. The first kappa shape index (κ1) is 20.1. The normalized spacial score (nSPS) is 25.1. The van der Waals surface area contributed by atoms with Crippen LogP contribution in [0.4, 0.5) is 0 Å². The topological polar surface area (TPSA) is 111 Å². The van der Waals surface area contributed by atoms with Crippen LogP contribution in [0.25, 0.3) is 0 Å². The lowest BCUT2D eigenvalue weighted by Crippen LogP contribution is -2.54. The molecule has 0 radical (unpaired) electrons. The molecule has 1 saturated heterocycles. The molecule has 0 amide bonds. The summed E-state index contributed by atoms with van der Waals surface area (Å²) < 4.78 is 31.3. The zero-order valence-corrected chi connectivity index (χ0v) is 16.6. The number of guanidine groups is 1. The number of hydrogen-bond donors (Lipinski definition) is 2. The summed E-state index contributed by atoms with van der Waals surface area (Å²) in [6, 6.07) is 1.57. The lowest BCUT2D eigenvalue weighted by Gasteiger charge is -2.36. The summed E-state index contributed by atoms with van der Waals surface area (Å²) in [5, 5.41) is 17.0. The van der Waals surface area contributed by atoms with E-state index in [1.165, 1.54) is 10.6 Å². The van der Waals surface area contributed by atoms with Crippen molar-refractivity contribution in [3.63, 3.8) is 0 Å². The first-order valence-electron chi connectivity index (χ1n) is 9.58. The fraction of sp³-hybridized carbons (Fsp3) is 0.765. The maximum absolute atomic E-state index is 12.5. The van der Waals surface area contributed by atoms with E-state index in [1.54, 1.807) is 6.07 Å². The van der Waals surface area contributed by atoms with Crippen LogP contribution in [0.15, 0.2) is 21.8 Å². The minimum Gasteiger partial charge on any atom is -0.393 e. The number of nitrogens with zero attached hydrogens (tertiary/aromatic N) is 4. The molecule has 9 nitrogen and oxygen atoms in total. The fourth-order valence-corrected chi connectivity index (χ4v) is 5.05. The summed E-state index contributed by atoms with van der Waals surface area (Å²) in [5.74, 6) is 0.880. The highest BCUT2D eigenvalue weighted by Crippen LogP contribution is 2.25. The highest BCUT2D eigenvalue weighted by molar-refractivity contribution is 7.88. The van der Waals surface area contributed by atoms with E-state index in [-0.39, 0.29) is 17.8 Å². The lowest BCUT2D eigenvalue weighted by atomic mass is 10.1. The third kappa shape index (κ3) is 5.20. The van der Waals surface area contributed by atoms with Crippen LogP contribution < -0.4 is 5.32 Å². The van der Waals surface area contributed by atoms with E-state index >= 15 is 0 Å². The van der Waals surface area contributed by atoms with Gasteiger partial charge in [-0.05, 0) is 19.8 Å². The second kappa shape index (κ2) is 9.03. The Bertz CT molecular complexity index is 714. The Kier molecular flexibility index (Phi) is 6.72. The van der Waals surface area contributed by atoms with Gasteiger partial charge >= 0.3 is 0 Å². The predicted octanol–water partition coefficient (Wildman–Crippen LogP) is 0.249. The van der Waals surface area contributed by atoms with Crippen molar-refractivity contribution in [3.8, 4) is 0 Å². The number of piperazine rings is 1. The third-order valence-electron chi connectivity index (χ3n) is 5.18. The van der Waals surface area contributed by atoms with E-state index in [4.69, 9.17) is 9.52 Å². The molecule has 0 spiro atoms. The van der Waals surface area contributed by atoms with Crippen LogP contribution in [0.3, 0.4) is 0 Å². The van der Waals surface area contributed by atoms with Crippen LogP contribution in [0, 0.1) is 5.92 Å². The highest BCUT2D eigenvalue weighted by atomic mass is 32.2. The second-order valence-electron chi connectivity index (χ2n) is 7.09. The standard InChI is InChI=1S/C17H29N5O4S/c1-2-18-17(19-12-14-4-3-5-16(14)23)21-7-9-22(10-8-21)27(24,25)13-15-6-11-26-20-15/h6,11,14,16,23H,2-5,7-10,12-13H2,1H3,(H,18,19). The Morgan fingerprint density at radius 1 is 1.37 bits per heavy atom. The zero-order chi connectivity index (χ0) is 19.3. The van der Waals surface area contributed by atoms with Crippen molar-refractivity contribution in [3.05, 3.63) is 18.0 Å². The van der Waals surface area contributed by atoms with Crippen molar-refractivity contribution in [1.29, 1.82) is 0 Å². The van der Waals surface area contributed by atoms with E-state index < -0.39 is 10.0 Å². The number of aliphatic imine (C=N–C) groups is 1. The van der Waals surface area contributed by atoms with Gasteiger partial charge in [-0.25, -0.2) is 8.42 Å². The second-order valence-corrected chi connectivity index (χ2v) is 9.05. The van der Waals surface area contributed by atoms with Gasteiger partial charge in [0.15, 0.2) is 5.96 Å². The Balaban J connectivity index is 1.57. The van der Waals surface area contributed by atoms with Gasteiger partial charge in [-0.3, -0.25) is 4.99 Å². The van der Waals surface area contributed by atoms with Crippen molar-refractivity contribution in [2.45, 2.75) is 38.0 Å². The monoisotopic (exact) mass is 399 g/mol. The van der Waals surface area contributed by atoms with E-state index in [0.29, 0.717) is 38.4 Å². The fourth-order valence-electron chi connectivity index (χ4n) is 3.63. The number of hydrogen-bond acceptors (Lipinski definition) is 6. The van der Waals surface area contributed by atoms with Gasteiger partial charge in [0.2, 0.25) is 10.0 Å². The van der Waals surface area contributed by atoms with Gasteiger partial charge in [0.05, 0.1) is 11.8 Å². The minimum atomic E-state index is -3.41. The molecule has 152 valence electrons. The van der Waals surface area contributed by atoms with Crippen LogP contribution in [0.5, 0.6) is 0 Å². The molecule has 1 aromatic rings. The van der Waals surface area contributed by atoms with Crippen molar-refractivity contribution >= 4 is 16.0 Å². The molecule has 2 unspecified atom stereocenters. The molecule has 27 heavy (non-hydrogen) atoms. The number of rotatable bonds is 6.